The van der Waals surface area contributed by atoms with E-state index >= 15 is 0 Å². The molecule has 2 atom stereocenters. The number of nitrogens with zero attached hydrogens (tertiary/aromatic N) is 1. The predicted octanol–water partition coefficient (Wildman–Crippen LogP) is 2.55. The number of nitrogens with two attached hydrogens (primary N) is 1. The number of hydrogen-bond donors (Lipinski definition) is 1. The lowest BCUT2D eigenvalue weighted by atomic mass is 9.97. The SMILES string of the molecule is NC1CC2CCC(C1)N2C(=O)CCCc1cccs1. The normalized spacial score (nSPS) is 29.7. The molecule has 0 spiro atoms. The fourth-order valence-electron chi connectivity index (χ4n) is 3.62. The lowest BCUT2D eigenvalue weighted by Crippen LogP contribution is -2.50. The molecule has 2 bridgehead atoms. The van der Waals surface area contributed by atoms with Gasteiger partial charge in [0, 0.05) is 29.4 Å². The van der Waals surface area contributed by atoms with E-state index in [-0.39, 0.29) is 0 Å². The molecule has 2 aliphatic heterocycles. The van der Waals surface area contributed by atoms with Gasteiger partial charge in [0.1, 0.15) is 0 Å². The topological polar surface area (TPSA) is 46.3 Å². The van der Waals surface area contributed by atoms with Gasteiger partial charge in [0.05, 0.1) is 0 Å². The van der Waals surface area contributed by atoms with Crippen molar-refractivity contribution in [1.29, 1.82) is 0 Å². The Morgan fingerprint density at radius 3 is 2.74 bits per heavy atom. The highest BCUT2D eigenvalue weighted by Gasteiger charge is 2.41. The van der Waals surface area contributed by atoms with Crippen LogP contribution in [0.15, 0.2) is 17.5 Å². The summed E-state index contributed by atoms with van der Waals surface area (Å²) >= 11 is 1.78. The lowest BCUT2D eigenvalue weighted by molar-refractivity contribution is -0.135. The minimum atomic E-state index is 0.313. The van der Waals surface area contributed by atoms with E-state index in [1.54, 1.807) is 11.3 Å². The van der Waals surface area contributed by atoms with Crippen molar-refractivity contribution < 1.29 is 4.79 Å². The van der Waals surface area contributed by atoms with Crippen LogP contribution in [-0.4, -0.2) is 28.9 Å². The van der Waals surface area contributed by atoms with E-state index < -0.39 is 0 Å². The molecule has 2 fully saturated rings. The largest absolute Gasteiger partial charge is 0.337 e. The Bertz CT molecular complexity index is 417. The Morgan fingerprint density at radius 2 is 2.11 bits per heavy atom. The summed E-state index contributed by atoms with van der Waals surface area (Å²) in [6.45, 7) is 0. The van der Waals surface area contributed by atoms with Gasteiger partial charge >= 0.3 is 0 Å². The van der Waals surface area contributed by atoms with Gasteiger partial charge in [-0.1, -0.05) is 6.07 Å². The van der Waals surface area contributed by atoms with Crippen LogP contribution in [0.4, 0.5) is 0 Å². The minimum absolute atomic E-state index is 0.313. The van der Waals surface area contributed by atoms with Gasteiger partial charge in [-0.15, -0.1) is 11.3 Å². The maximum absolute atomic E-state index is 12.4. The Balaban J connectivity index is 1.51. The van der Waals surface area contributed by atoms with Crippen LogP contribution in [0, 0.1) is 0 Å². The number of carbonyl (C=O) groups excluding carboxylic acids is 1. The van der Waals surface area contributed by atoms with E-state index in [4.69, 9.17) is 5.73 Å². The molecule has 4 heteroatoms. The zero-order chi connectivity index (χ0) is 13.2. The molecule has 1 aromatic rings. The summed E-state index contributed by atoms with van der Waals surface area (Å²) in [4.78, 5) is 15.9. The zero-order valence-electron chi connectivity index (χ0n) is 11.3. The van der Waals surface area contributed by atoms with Gasteiger partial charge in [0.25, 0.3) is 0 Å². The van der Waals surface area contributed by atoms with Gasteiger partial charge in [-0.2, -0.15) is 0 Å². The van der Waals surface area contributed by atoms with Crippen LogP contribution in [-0.2, 0) is 11.2 Å². The van der Waals surface area contributed by atoms with Gasteiger partial charge in [-0.3, -0.25) is 4.79 Å². The molecule has 2 unspecified atom stereocenters. The van der Waals surface area contributed by atoms with E-state index in [9.17, 15) is 4.79 Å². The number of aryl methyl sites for hydroxylation is 1. The fourth-order valence-corrected chi connectivity index (χ4v) is 4.38. The molecule has 3 heterocycles. The summed E-state index contributed by atoms with van der Waals surface area (Å²) < 4.78 is 0. The molecule has 2 N–H and O–H groups in total. The number of thiophene rings is 1. The molecule has 104 valence electrons. The van der Waals surface area contributed by atoms with Crippen LogP contribution in [0.5, 0.6) is 0 Å². The predicted molar refractivity (Wildman–Crippen MR) is 78.1 cm³/mol. The molecule has 3 rings (SSSR count). The van der Waals surface area contributed by atoms with Crippen molar-refractivity contribution >= 4 is 17.2 Å². The van der Waals surface area contributed by atoms with Gasteiger partial charge in [0.2, 0.25) is 5.91 Å². The highest BCUT2D eigenvalue weighted by Crippen LogP contribution is 2.35. The number of rotatable bonds is 4. The smallest absolute Gasteiger partial charge is 0.223 e. The summed E-state index contributed by atoms with van der Waals surface area (Å²) in [7, 11) is 0. The second-order valence-corrected chi connectivity index (χ2v) is 6.88. The van der Waals surface area contributed by atoms with Crippen LogP contribution < -0.4 is 5.73 Å². The third kappa shape index (κ3) is 2.84. The van der Waals surface area contributed by atoms with E-state index in [1.807, 2.05) is 0 Å². The summed E-state index contributed by atoms with van der Waals surface area (Å²) in [6.07, 6.45) is 7.04. The first-order chi connectivity index (χ1) is 9.24. The van der Waals surface area contributed by atoms with Crippen molar-refractivity contribution in [1.82, 2.24) is 4.90 Å². The Labute approximate surface area is 118 Å². The number of piperidine rings is 1. The number of fused-ring (bicyclic) bond motifs is 2. The summed E-state index contributed by atoms with van der Waals surface area (Å²) in [5.41, 5.74) is 6.05. The lowest BCUT2D eigenvalue weighted by Gasteiger charge is -2.37. The van der Waals surface area contributed by atoms with Crippen molar-refractivity contribution in [3.05, 3.63) is 22.4 Å². The third-order valence-electron chi connectivity index (χ3n) is 4.45. The quantitative estimate of drug-likeness (QED) is 0.920. The van der Waals surface area contributed by atoms with E-state index in [0.717, 1.165) is 38.5 Å². The molecule has 1 amide bonds. The van der Waals surface area contributed by atoms with Crippen molar-refractivity contribution in [2.75, 3.05) is 0 Å². The van der Waals surface area contributed by atoms with Crippen LogP contribution >= 0.6 is 11.3 Å². The molecule has 0 aliphatic carbocycles. The first-order valence-corrected chi connectivity index (χ1v) is 8.21. The first kappa shape index (κ1) is 13.1. The summed E-state index contributed by atoms with van der Waals surface area (Å²) in [6, 6.07) is 5.41. The molecule has 0 radical (unpaired) electrons. The number of carbonyl (C=O) groups is 1. The molecule has 2 aliphatic rings. The third-order valence-corrected chi connectivity index (χ3v) is 5.39. The molecule has 0 saturated carbocycles. The molecule has 2 saturated heterocycles. The molecular formula is C15H22N2OS. The molecule has 0 aromatic carbocycles. The summed E-state index contributed by atoms with van der Waals surface area (Å²) in [5, 5.41) is 2.10. The first-order valence-electron chi connectivity index (χ1n) is 7.33. The highest BCUT2D eigenvalue weighted by atomic mass is 32.1. The average molecular weight is 278 g/mol. The van der Waals surface area contributed by atoms with Crippen molar-refractivity contribution in [3.63, 3.8) is 0 Å². The van der Waals surface area contributed by atoms with Crippen molar-refractivity contribution in [3.8, 4) is 0 Å². The Morgan fingerprint density at radius 1 is 1.37 bits per heavy atom. The maximum Gasteiger partial charge on any atom is 0.223 e. The van der Waals surface area contributed by atoms with Gasteiger partial charge in [-0.05, 0) is 50.0 Å². The maximum atomic E-state index is 12.4. The highest BCUT2D eigenvalue weighted by molar-refractivity contribution is 7.09. The second kappa shape index (κ2) is 5.63. The van der Waals surface area contributed by atoms with Crippen LogP contribution in [0.25, 0.3) is 0 Å². The minimum Gasteiger partial charge on any atom is -0.337 e. The van der Waals surface area contributed by atoms with Crippen LogP contribution in [0.1, 0.15) is 43.4 Å². The van der Waals surface area contributed by atoms with Crippen molar-refractivity contribution in [2.45, 2.75) is 63.1 Å². The van der Waals surface area contributed by atoms with E-state index in [2.05, 4.69) is 22.4 Å². The second-order valence-electron chi connectivity index (χ2n) is 5.85. The van der Waals surface area contributed by atoms with Crippen LogP contribution in [0.2, 0.25) is 0 Å². The van der Waals surface area contributed by atoms with E-state index in [1.165, 1.54) is 4.88 Å². The number of hydrogen-bond acceptors (Lipinski definition) is 3. The number of amides is 1. The van der Waals surface area contributed by atoms with Gasteiger partial charge in [-0.25, -0.2) is 0 Å². The van der Waals surface area contributed by atoms with Gasteiger partial charge in [0.15, 0.2) is 0 Å². The Hall–Kier alpha value is -0.870. The van der Waals surface area contributed by atoms with E-state index in [0.29, 0.717) is 30.5 Å². The summed E-state index contributed by atoms with van der Waals surface area (Å²) in [5.74, 6) is 0.357. The molecular weight excluding hydrogens is 256 g/mol. The Kier molecular flexibility index (Phi) is 3.89. The average Bonchev–Trinajstić information content (AvgIpc) is 2.96. The monoisotopic (exact) mass is 278 g/mol. The molecule has 3 nitrogen and oxygen atoms in total. The van der Waals surface area contributed by atoms with Gasteiger partial charge < -0.3 is 10.6 Å². The van der Waals surface area contributed by atoms with Crippen LogP contribution in [0.3, 0.4) is 0 Å². The fraction of sp³-hybridized carbons (Fsp3) is 0.667. The van der Waals surface area contributed by atoms with Crippen molar-refractivity contribution in [2.24, 2.45) is 5.73 Å². The zero-order valence-corrected chi connectivity index (χ0v) is 12.1. The molecule has 19 heavy (non-hydrogen) atoms. The standard InChI is InChI=1S/C15H22N2OS/c16-11-9-12-6-7-13(10-11)17(12)15(18)5-1-3-14-4-2-8-19-14/h2,4,8,11-13H,1,3,5-7,9-10,16H2. The molecule has 1 aromatic heterocycles.